The van der Waals surface area contributed by atoms with Crippen LogP contribution in [-0.2, 0) is 0 Å². The number of rotatable bonds is 3. The van der Waals surface area contributed by atoms with Crippen LogP contribution < -0.4 is 15.2 Å². The van der Waals surface area contributed by atoms with Gasteiger partial charge in [0.1, 0.15) is 18.2 Å². The molecule has 0 amide bonds. The van der Waals surface area contributed by atoms with E-state index in [0.717, 1.165) is 16.8 Å². The summed E-state index contributed by atoms with van der Waals surface area (Å²) in [6, 6.07) is 5.50. The maximum absolute atomic E-state index is 5.31. The van der Waals surface area contributed by atoms with Gasteiger partial charge in [0.25, 0.3) is 0 Å². The fourth-order valence-electron chi connectivity index (χ4n) is 1.45. The molecule has 0 atom stereocenters. The fourth-order valence-corrected chi connectivity index (χ4v) is 1.45. The van der Waals surface area contributed by atoms with E-state index in [9.17, 15) is 0 Å². The second-order valence-corrected chi connectivity index (χ2v) is 3.28. The van der Waals surface area contributed by atoms with Gasteiger partial charge in [-0.3, -0.25) is 5.73 Å². The molecular formula is C11H13N3O2. The zero-order valence-corrected chi connectivity index (χ0v) is 9.23. The molecule has 2 aromatic rings. The lowest BCUT2D eigenvalue weighted by atomic mass is 10.2. The third kappa shape index (κ3) is 1.90. The molecule has 0 bridgehead atoms. The zero-order valence-electron chi connectivity index (χ0n) is 9.23. The van der Waals surface area contributed by atoms with E-state index in [-0.39, 0.29) is 6.73 Å². The van der Waals surface area contributed by atoms with E-state index in [4.69, 9.17) is 15.2 Å². The van der Waals surface area contributed by atoms with Gasteiger partial charge in [0, 0.05) is 6.07 Å². The minimum atomic E-state index is 0.0944. The number of nitrogens with two attached hydrogens (primary N) is 1. The van der Waals surface area contributed by atoms with E-state index in [1.807, 2.05) is 25.1 Å². The van der Waals surface area contributed by atoms with Crippen LogP contribution in [0.1, 0.15) is 5.69 Å². The maximum Gasteiger partial charge on any atom is 0.237 e. The standard InChI is InChI=1S/C11H13N3O2/c1-7-11(16-6-12)14-9-4-3-8(15-2)5-10(9)13-7/h3-5H,6,12H2,1-2H3. The highest BCUT2D eigenvalue weighted by Gasteiger charge is 2.06. The van der Waals surface area contributed by atoms with Crippen molar-refractivity contribution in [1.82, 2.24) is 9.97 Å². The number of nitrogens with zero attached hydrogens (tertiary/aromatic N) is 2. The molecule has 16 heavy (non-hydrogen) atoms. The summed E-state index contributed by atoms with van der Waals surface area (Å²) in [5, 5.41) is 0. The zero-order chi connectivity index (χ0) is 11.5. The molecule has 0 radical (unpaired) electrons. The van der Waals surface area contributed by atoms with Gasteiger partial charge in [-0.05, 0) is 19.1 Å². The van der Waals surface area contributed by atoms with Crippen molar-refractivity contribution in [2.45, 2.75) is 6.92 Å². The molecule has 2 rings (SSSR count). The summed E-state index contributed by atoms with van der Waals surface area (Å²) < 4.78 is 10.3. The quantitative estimate of drug-likeness (QED) is 0.786. The Morgan fingerprint density at radius 1 is 1.25 bits per heavy atom. The van der Waals surface area contributed by atoms with E-state index < -0.39 is 0 Å². The highest BCUT2D eigenvalue weighted by atomic mass is 16.5. The van der Waals surface area contributed by atoms with Gasteiger partial charge in [-0.2, -0.15) is 0 Å². The number of fused-ring (bicyclic) bond motifs is 1. The number of hydrogen-bond donors (Lipinski definition) is 1. The van der Waals surface area contributed by atoms with Crippen molar-refractivity contribution in [3.8, 4) is 11.6 Å². The molecule has 0 fully saturated rings. The van der Waals surface area contributed by atoms with Crippen LogP contribution in [0.5, 0.6) is 11.6 Å². The topological polar surface area (TPSA) is 70.3 Å². The Hall–Kier alpha value is -1.88. The first-order valence-electron chi connectivity index (χ1n) is 4.90. The van der Waals surface area contributed by atoms with Crippen molar-refractivity contribution < 1.29 is 9.47 Å². The number of ether oxygens (including phenoxy) is 2. The van der Waals surface area contributed by atoms with Gasteiger partial charge in [0.2, 0.25) is 5.88 Å². The second kappa shape index (κ2) is 4.32. The number of aromatic nitrogens is 2. The van der Waals surface area contributed by atoms with Crippen LogP contribution in [-0.4, -0.2) is 23.8 Å². The summed E-state index contributed by atoms with van der Waals surface area (Å²) in [5.41, 5.74) is 7.56. The largest absolute Gasteiger partial charge is 0.497 e. The molecule has 1 aromatic heterocycles. The predicted molar refractivity (Wildman–Crippen MR) is 60.5 cm³/mol. The highest BCUT2D eigenvalue weighted by molar-refractivity contribution is 5.76. The number of hydrogen-bond acceptors (Lipinski definition) is 5. The SMILES string of the molecule is COc1ccc2nc(OCN)c(C)nc2c1. The normalized spacial score (nSPS) is 10.4. The van der Waals surface area contributed by atoms with Crippen molar-refractivity contribution in [2.24, 2.45) is 5.73 Å². The molecule has 5 heteroatoms. The molecule has 0 saturated carbocycles. The van der Waals surface area contributed by atoms with Crippen molar-refractivity contribution >= 4 is 11.0 Å². The van der Waals surface area contributed by atoms with Crippen molar-refractivity contribution in [3.63, 3.8) is 0 Å². The van der Waals surface area contributed by atoms with Gasteiger partial charge in [0.05, 0.1) is 18.1 Å². The van der Waals surface area contributed by atoms with Crippen LogP contribution in [0.4, 0.5) is 0 Å². The molecule has 1 aromatic carbocycles. The molecular weight excluding hydrogens is 206 g/mol. The van der Waals surface area contributed by atoms with E-state index in [0.29, 0.717) is 11.6 Å². The van der Waals surface area contributed by atoms with E-state index in [2.05, 4.69) is 9.97 Å². The summed E-state index contributed by atoms with van der Waals surface area (Å²) in [5.74, 6) is 1.23. The number of methoxy groups -OCH3 is 1. The van der Waals surface area contributed by atoms with Crippen LogP contribution in [0.25, 0.3) is 11.0 Å². The fraction of sp³-hybridized carbons (Fsp3) is 0.273. The summed E-state index contributed by atoms with van der Waals surface area (Å²) in [6.07, 6.45) is 0. The Morgan fingerprint density at radius 2 is 2.06 bits per heavy atom. The van der Waals surface area contributed by atoms with Gasteiger partial charge in [-0.1, -0.05) is 0 Å². The van der Waals surface area contributed by atoms with Crippen LogP contribution in [0.3, 0.4) is 0 Å². The molecule has 0 aliphatic carbocycles. The van der Waals surface area contributed by atoms with Crippen LogP contribution in [0, 0.1) is 6.92 Å². The van der Waals surface area contributed by atoms with E-state index in [1.165, 1.54) is 0 Å². The van der Waals surface area contributed by atoms with Crippen LogP contribution in [0.2, 0.25) is 0 Å². The number of benzene rings is 1. The third-order valence-electron chi connectivity index (χ3n) is 2.22. The van der Waals surface area contributed by atoms with Gasteiger partial charge >= 0.3 is 0 Å². The lowest BCUT2D eigenvalue weighted by Crippen LogP contribution is -2.10. The Kier molecular flexibility index (Phi) is 2.87. The van der Waals surface area contributed by atoms with Crippen molar-refractivity contribution in [1.29, 1.82) is 0 Å². The summed E-state index contributed by atoms with van der Waals surface area (Å²) in [7, 11) is 1.62. The first-order valence-corrected chi connectivity index (χ1v) is 4.90. The predicted octanol–water partition coefficient (Wildman–Crippen LogP) is 1.24. The van der Waals surface area contributed by atoms with Crippen LogP contribution >= 0.6 is 0 Å². The average molecular weight is 219 g/mol. The monoisotopic (exact) mass is 219 g/mol. The van der Waals surface area contributed by atoms with Gasteiger partial charge in [0.15, 0.2) is 0 Å². The highest BCUT2D eigenvalue weighted by Crippen LogP contribution is 2.21. The molecule has 0 aliphatic rings. The van der Waals surface area contributed by atoms with E-state index in [1.54, 1.807) is 7.11 Å². The number of aryl methyl sites for hydroxylation is 1. The molecule has 0 unspecified atom stereocenters. The van der Waals surface area contributed by atoms with Gasteiger partial charge in [-0.15, -0.1) is 0 Å². The molecule has 2 N–H and O–H groups in total. The molecule has 0 spiro atoms. The molecule has 0 saturated heterocycles. The molecule has 5 nitrogen and oxygen atoms in total. The minimum Gasteiger partial charge on any atom is -0.497 e. The van der Waals surface area contributed by atoms with Crippen molar-refractivity contribution in [3.05, 3.63) is 23.9 Å². The van der Waals surface area contributed by atoms with Gasteiger partial charge in [-0.25, -0.2) is 9.97 Å². The Bertz CT molecular complexity index is 514. The first-order chi connectivity index (χ1) is 7.74. The Morgan fingerprint density at radius 3 is 2.75 bits per heavy atom. The van der Waals surface area contributed by atoms with Crippen molar-refractivity contribution in [2.75, 3.05) is 13.8 Å². The average Bonchev–Trinajstić information content (AvgIpc) is 2.30. The lowest BCUT2D eigenvalue weighted by molar-refractivity contribution is 0.314. The molecule has 84 valence electrons. The maximum atomic E-state index is 5.31. The first kappa shape index (κ1) is 10.6. The Balaban J connectivity index is 2.55. The smallest absolute Gasteiger partial charge is 0.237 e. The van der Waals surface area contributed by atoms with Gasteiger partial charge < -0.3 is 9.47 Å². The van der Waals surface area contributed by atoms with E-state index >= 15 is 0 Å². The molecule has 0 aliphatic heterocycles. The second-order valence-electron chi connectivity index (χ2n) is 3.28. The lowest BCUT2D eigenvalue weighted by Gasteiger charge is -2.07. The minimum absolute atomic E-state index is 0.0944. The summed E-state index contributed by atoms with van der Waals surface area (Å²) >= 11 is 0. The summed E-state index contributed by atoms with van der Waals surface area (Å²) in [6.45, 7) is 1.92. The Labute approximate surface area is 93.2 Å². The van der Waals surface area contributed by atoms with Crippen LogP contribution in [0.15, 0.2) is 18.2 Å². The summed E-state index contributed by atoms with van der Waals surface area (Å²) in [4.78, 5) is 8.70. The third-order valence-corrected chi connectivity index (χ3v) is 2.22. The molecule has 1 heterocycles.